The Morgan fingerprint density at radius 2 is 1.78 bits per heavy atom. The van der Waals surface area contributed by atoms with Crippen LogP contribution in [0.3, 0.4) is 0 Å². The van der Waals surface area contributed by atoms with Gasteiger partial charge in [0.2, 0.25) is 0 Å². The number of rotatable bonds is 5. The van der Waals surface area contributed by atoms with Crippen molar-refractivity contribution in [2.75, 3.05) is 7.05 Å². The molecule has 0 atom stereocenters. The predicted molar refractivity (Wildman–Crippen MR) is 89.4 cm³/mol. The number of hydrogen-bond donors (Lipinski definition) is 2. The first-order valence-electron chi connectivity index (χ1n) is 8.34. The number of aromatic carboxylic acids is 1. The van der Waals surface area contributed by atoms with Crippen molar-refractivity contribution in [1.82, 2.24) is 10.2 Å². The number of carboxylic acids is 1. The van der Waals surface area contributed by atoms with Gasteiger partial charge in [0.05, 0.1) is 5.56 Å². The molecule has 1 saturated carbocycles. The van der Waals surface area contributed by atoms with Crippen molar-refractivity contribution in [2.24, 2.45) is 5.92 Å². The fraction of sp³-hybridized carbons (Fsp3) is 0.556. The average molecular weight is 318 g/mol. The lowest BCUT2D eigenvalue weighted by Crippen LogP contribution is -2.44. The summed E-state index contributed by atoms with van der Waals surface area (Å²) in [7, 11) is 1.86. The largest absolute Gasteiger partial charge is 0.478 e. The lowest BCUT2D eigenvalue weighted by Gasteiger charge is -2.34. The summed E-state index contributed by atoms with van der Waals surface area (Å²) in [6.07, 6.45) is 5.80. The molecule has 1 aromatic carbocycles. The first-order valence-corrected chi connectivity index (χ1v) is 8.34. The molecule has 0 saturated heterocycles. The third-order valence-electron chi connectivity index (χ3n) is 4.91. The fourth-order valence-electron chi connectivity index (χ4n) is 3.17. The number of benzene rings is 1. The van der Waals surface area contributed by atoms with Crippen LogP contribution in [0.25, 0.3) is 0 Å². The highest BCUT2D eigenvalue weighted by Gasteiger charge is 2.25. The normalized spacial score (nSPS) is 20.8. The van der Waals surface area contributed by atoms with Gasteiger partial charge in [0.25, 0.3) is 0 Å². The van der Waals surface area contributed by atoms with E-state index in [0.29, 0.717) is 12.6 Å². The van der Waals surface area contributed by atoms with Crippen molar-refractivity contribution in [1.29, 1.82) is 0 Å². The molecule has 1 aliphatic rings. The first-order chi connectivity index (χ1) is 11.0. The molecular formula is C18H26N2O3. The van der Waals surface area contributed by atoms with Crippen LogP contribution < -0.4 is 5.32 Å². The second-order valence-electron chi connectivity index (χ2n) is 6.35. The molecule has 5 nitrogen and oxygen atoms in total. The predicted octanol–water partition coefficient (Wildman–Crippen LogP) is 3.50. The molecule has 0 unspecified atom stereocenters. The molecule has 0 bridgehead atoms. The van der Waals surface area contributed by atoms with Gasteiger partial charge in [-0.2, -0.15) is 0 Å². The fourth-order valence-corrected chi connectivity index (χ4v) is 3.17. The van der Waals surface area contributed by atoms with Crippen molar-refractivity contribution in [3.63, 3.8) is 0 Å². The van der Waals surface area contributed by atoms with Crippen LogP contribution in [0.5, 0.6) is 0 Å². The minimum Gasteiger partial charge on any atom is -0.478 e. The van der Waals surface area contributed by atoms with E-state index in [0.717, 1.165) is 24.3 Å². The van der Waals surface area contributed by atoms with E-state index in [1.165, 1.54) is 19.3 Å². The maximum Gasteiger partial charge on any atom is 0.335 e. The Hall–Kier alpha value is -2.04. The molecular weight excluding hydrogens is 292 g/mol. The Kier molecular flexibility index (Phi) is 6.02. The number of carbonyl (C=O) groups is 2. The lowest BCUT2D eigenvalue weighted by molar-refractivity contribution is 0.0697. The highest BCUT2D eigenvalue weighted by molar-refractivity contribution is 5.87. The minimum absolute atomic E-state index is 0.0627. The molecule has 0 heterocycles. The molecule has 5 heteroatoms. The Bertz CT molecular complexity index is 534. The molecule has 0 aliphatic heterocycles. The van der Waals surface area contributed by atoms with Gasteiger partial charge >= 0.3 is 12.0 Å². The summed E-state index contributed by atoms with van der Waals surface area (Å²) in [5, 5.41) is 11.8. The molecule has 1 fully saturated rings. The Morgan fingerprint density at radius 1 is 1.17 bits per heavy atom. The van der Waals surface area contributed by atoms with E-state index in [2.05, 4.69) is 12.2 Å². The van der Waals surface area contributed by atoms with Crippen LogP contribution in [0.15, 0.2) is 24.3 Å². The summed E-state index contributed by atoms with van der Waals surface area (Å²) < 4.78 is 0. The Labute approximate surface area is 137 Å². The van der Waals surface area contributed by atoms with Crippen molar-refractivity contribution < 1.29 is 14.7 Å². The maximum absolute atomic E-state index is 12.3. The third-order valence-corrected chi connectivity index (χ3v) is 4.91. The molecule has 0 radical (unpaired) electrons. The second kappa shape index (κ2) is 7.99. The van der Waals surface area contributed by atoms with Crippen molar-refractivity contribution >= 4 is 12.0 Å². The van der Waals surface area contributed by atoms with Gasteiger partial charge in [-0.15, -0.1) is 0 Å². The summed E-state index contributed by atoms with van der Waals surface area (Å²) in [5.74, 6) is -0.126. The van der Waals surface area contributed by atoms with Crippen LogP contribution in [0.1, 0.15) is 54.9 Å². The average Bonchev–Trinajstić information content (AvgIpc) is 2.59. The zero-order chi connectivity index (χ0) is 16.8. The van der Waals surface area contributed by atoms with Gasteiger partial charge in [-0.3, -0.25) is 0 Å². The summed E-state index contributed by atoms with van der Waals surface area (Å²) in [6, 6.07) is 6.84. The summed E-state index contributed by atoms with van der Waals surface area (Å²) in [5.41, 5.74) is 1.15. The molecule has 23 heavy (non-hydrogen) atoms. The smallest absolute Gasteiger partial charge is 0.335 e. The van der Waals surface area contributed by atoms with Crippen molar-refractivity contribution in [2.45, 2.75) is 51.6 Å². The van der Waals surface area contributed by atoms with Gasteiger partial charge in [0.15, 0.2) is 0 Å². The zero-order valence-corrected chi connectivity index (χ0v) is 13.9. The molecule has 0 spiro atoms. The summed E-state index contributed by atoms with van der Waals surface area (Å²) in [4.78, 5) is 24.9. The van der Waals surface area contributed by atoms with Crippen LogP contribution in [-0.2, 0) is 6.54 Å². The topological polar surface area (TPSA) is 69.6 Å². The molecule has 2 N–H and O–H groups in total. The number of nitrogens with zero attached hydrogens (tertiary/aromatic N) is 1. The maximum atomic E-state index is 12.3. The number of urea groups is 1. The van der Waals surface area contributed by atoms with Gasteiger partial charge in [0.1, 0.15) is 0 Å². The van der Waals surface area contributed by atoms with Gasteiger partial charge < -0.3 is 15.3 Å². The number of carbonyl (C=O) groups excluding carboxylic acids is 1. The zero-order valence-electron chi connectivity index (χ0n) is 13.9. The SMILES string of the molecule is CCC1CCC(N(C)C(=O)NCc2ccc(C(=O)O)cc2)CC1. The van der Waals surface area contributed by atoms with E-state index in [-0.39, 0.29) is 11.6 Å². The van der Waals surface area contributed by atoms with Gasteiger partial charge in [-0.25, -0.2) is 9.59 Å². The van der Waals surface area contributed by atoms with Gasteiger partial charge in [-0.05, 0) is 49.3 Å². The second-order valence-corrected chi connectivity index (χ2v) is 6.35. The number of amides is 2. The quantitative estimate of drug-likeness (QED) is 0.873. The van der Waals surface area contributed by atoms with Crippen LogP contribution in [-0.4, -0.2) is 35.1 Å². The molecule has 2 amide bonds. The first kappa shape index (κ1) is 17.3. The highest BCUT2D eigenvalue weighted by Crippen LogP contribution is 2.28. The van der Waals surface area contributed by atoms with Crippen LogP contribution in [0.2, 0.25) is 0 Å². The molecule has 2 rings (SSSR count). The number of nitrogens with one attached hydrogen (secondary N) is 1. The minimum atomic E-state index is -0.942. The summed E-state index contributed by atoms with van der Waals surface area (Å²) in [6.45, 7) is 2.64. The third kappa shape index (κ3) is 4.71. The molecule has 1 aliphatic carbocycles. The van der Waals surface area contributed by atoms with E-state index in [9.17, 15) is 9.59 Å². The molecule has 126 valence electrons. The van der Waals surface area contributed by atoms with Crippen LogP contribution in [0, 0.1) is 5.92 Å². The van der Waals surface area contributed by atoms with Crippen LogP contribution in [0.4, 0.5) is 4.79 Å². The van der Waals surface area contributed by atoms with E-state index < -0.39 is 5.97 Å². The monoisotopic (exact) mass is 318 g/mol. The molecule has 1 aromatic rings. The number of hydrogen-bond acceptors (Lipinski definition) is 2. The Morgan fingerprint density at radius 3 is 2.30 bits per heavy atom. The number of carboxylic acid groups (broad SMARTS) is 1. The highest BCUT2D eigenvalue weighted by atomic mass is 16.4. The molecule has 0 aromatic heterocycles. The van der Waals surface area contributed by atoms with Crippen LogP contribution >= 0.6 is 0 Å². The lowest BCUT2D eigenvalue weighted by atomic mass is 9.84. The standard InChI is InChI=1S/C18H26N2O3/c1-3-13-6-10-16(11-7-13)20(2)18(23)19-12-14-4-8-15(9-5-14)17(21)22/h4-5,8-9,13,16H,3,6-7,10-12H2,1-2H3,(H,19,23)(H,21,22). The van der Waals surface area contributed by atoms with E-state index >= 15 is 0 Å². The van der Waals surface area contributed by atoms with Crippen molar-refractivity contribution in [3.05, 3.63) is 35.4 Å². The van der Waals surface area contributed by atoms with E-state index in [1.807, 2.05) is 11.9 Å². The Balaban J connectivity index is 1.81. The summed E-state index contributed by atoms with van der Waals surface area (Å²) >= 11 is 0. The van der Waals surface area contributed by atoms with Gasteiger partial charge in [0, 0.05) is 19.6 Å². The van der Waals surface area contributed by atoms with E-state index in [1.54, 1.807) is 24.3 Å². The van der Waals surface area contributed by atoms with E-state index in [4.69, 9.17) is 5.11 Å². The van der Waals surface area contributed by atoms with Gasteiger partial charge in [-0.1, -0.05) is 25.5 Å². The van der Waals surface area contributed by atoms with Crippen molar-refractivity contribution in [3.8, 4) is 0 Å².